The van der Waals surface area contributed by atoms with E-state index in [0.29, 0.717) is 32.6 Å². The van der Waals surface area contributed by atoms with Gasteiger partial charge in [-0.25, -0.2) is 8.42 Å². The highest BCUT2D eigenvalue weighted by atomic mass is 32.2. The van der Waals surface area contributed by atoms with Gasteiger partial charge in [0.2, 0.25) is 15.9 Å². The van der Waals surface area contributed by atoms with Crippen LogP contribution < -0.4 is 9.80 Å². The second-order valence-electron chi connectivity index (χ2n) is 6.82. The minimum Gasteiger partial charge on any atom is -0.369 e. The number of anilines is 2. The molecule has 2 aliphatic rings. The molecular weight excluding hydrogens is 338 g/mol. The van der Waals surface area contributed by atoms with E-state index in [1.165, 1.54) is 5.56 Å². The van der Waals surface area contributed by atoms with Crippen LogP contribution in [-0.2, 0) is 21.2 Å². The number of rotatable bonds is 5. The Morgan fingerprint density at radius 2 is 1.80 bits per heavy atom. The fourth-order valence-corrected chi connectivity index (χ4v) is 5.15. The highest BCUT2D eigenvalue weighted by Gasteiger charge is 2.27. The standard InChI is InChI=1S/C18H27N3O3S/c1-3-4-13-25(23,24)21-11-9-20(10-12-21)16-6-7-17-15(14-16)5-8-18(22)19(17)2/h6-7,14H,3-5,8-13H2,1-2H3. The average molecular weight is 365 g/mol. The van der Waals surface area contributed by atoms with E-state index < -0.39 is 10.0 Å². The lowest BCUT2D eigenvalue weighted by atomic mass is 10.0. The van der Waals surface area contributed by atoms with E-state index in [1.54, 1.807) is 9.21 Å². The van der Waals surface area contributed by atoms with Gasteiger partial charge < -0.3 is 9.80 Å². The average Bonchev–Trinajstić information content (AvgIpc) is 2.63. The largest absolute Gasteiger partial charge is 0.369 e. The first-order chi connectivity index (χ1) is 11.9. The Kier molecular flexibility index (Phi) is 5.34. The van der Waals surface area contributed by atoms with Crippen LogP contribution in [0, 0.1) is 0 Å². The van der Waals surface area contributed by atoms with Gasteiger partial charge in [0.1, 0.15) is 0 Å². The third-order valence-corrected chi connectivity index (χ3v) is 7.12. The Bertz CT molecular complexity index is 740. The molecule has 1 aromatic rings. The molecule has 7 heteroatoms. The summed E-state index contributed by atoms with van der Waals surface area (Å²) in [6.45, 7) is 4.51. The number of piperazine rings is 1. The maximum Gasteiger partial charge on any atom is 0.227 e. The van der Waals surface area contributed by atoms with Gasteiger partial charge in [-0.1, -0.05) is 13.3 Å². The molecule has 2 aliphatic heterocycles. The van der Waals surface area contributed by atoms with Gasteiger partial charge in [-0.3, -0.25) is 4.79 Å². The number of carbonyl (C=O) groups is 1. The maximum atomic E-state index is 12.3. The third kappa shape index (κ3) is 3.82. The molecule has 0 saturated carbocycles. The summed E-state index contributed by atoms with van der Waals surface area (Å²) in [6, 6.07) is 6.20. The van der Waals surface area contributed by atoms with Crippen LogP contribution in [0.2, 0.25) is 0 Å². The second kappa shape index (κ2) is 7.33. The summed E-state index contributed by atoms with van der Waals surface area (Å²) in [6.07, 6.45) is 2.94. The number of fused-ring (bicyclic) bond motifs is 1. The molecule has 6 nitrogen and oxygen atoms in total. The Labute approximate surface area is 150 Å². The molecule has 138 valence electrons. The fraction of sp³-hybridized carbons (Fsp3) is 0.611. The summed E-state index contributed by atoms with van der Waals surface area (Å²) >= 11 is 0. The van der Waals surface area contributed by atoms with Crippen molar-refractivity contribution in [2.24, 2.45) is 0 Å². The van der Waals surface area contributed by atoms with Crippen LogP contribution in [0.25, 0.3) is 0 Å². The van der Waals surface area contributed by atoms with Gasteiger partial charge >= 0.3 is 0 Å². The van der Waals surface area contributed by atoms with Crippen molar-refractivity contribution in [1.29, 1.82) is 0 Å². The number of benzene rings is 1. The monoisotopic (exact) mass is 365 g/mol. The molecule has 0 unspecified atom stereocenters. The number of hydrogen-bond acceptors (Lipinski definition) is 4. The van der Waals surface area contributed by atoms with Gasteiger partial charge in [0.05, 0.1) is 5.75 Å². The number of hydrogen-bond donors (Lipinski definition) is 0. The van der Waals surface area contributed by atoms with Crippen LogP contribution in [0.5, 0.6) is 0 Å². The SMILES string of the molecule is CCCCS(=O)(=O)N1CCN(c2ccc3c(c2)CCC(=O)N3C)CC1. The third-order valence-electron chi connectivity index (χ3n) is 5.16. The highest BCUT2D eigenvalue weighted by molar-refractivity contribution is 7.89. The Morgan fingerprint density at radius 1 is 1.08 bits per heavy atom. The van der Waals surface area contributed by atoms with Gasteiger partial charge in [0, 0.05) is 51.0 Å². The minimum absolute atomic E-state index is 0.158. The number of amides is 1. The zero-order valence-electron chi connectivity index (χ0n) is 15.1. The molecular formula is C18H27N3O3S. The smallest absolute Gasteiger partial charge is 0.227 e. The van der Waals surface area contributed by atoms with Gasteiger partial charge in [0.15, 0.2) is 0 Å². The first kappa shape index (κ1) is 18.2. The number of unbranched alkanes of at least 4 members (excludes halogenated alkanes) is 1. The van der Waals surface area contributed by atoms with E-state index in [-0.39, 0.29) is 11.7 Å². The lowest BCUT2D eigenvalue weighted by Gasteiger charge is -2.36. The predicted octanol–water partition coefficient (Wildman–Crippen LogP) is 1.85. The molecule has 0 N–H and O–H groups in total. The fourth-order valence-electron chi connectivity index (χ4n) is 3.52. The van der Waals surface area contributed by atoms with E-state index in [0.717, 1.165) is 30.6 Å². The molecule has 25 heavy (non-hydrogen) atoms. The topological polar surface area (TPSA) is 60.9 Å². The summed E-state index contributed by atoms with van der Waals surface area (Å²) in [4.78, 5) is 15.8. The lowest BCUT2D eigenvalue weighted by molar-refractivity contribution is -0.118. The van der Waals surface area contributed by atoms with Crippen LogP contribution in [0.15, 0.2) is 18.2 Å². The van der Waals surface area contributed by atoms with E-state index in [1.807, 2.05) is 26.1 Å². The molecule has 0 atom stereocenters. The summed E-state index contributed by atoms with van der Waals surface area (Å²) in [5.41, 5.74) is 3.30. The summed E-state index contributed by atoms with van der Waals surface area (Å²) in [7, 11) is -1.30. The molecule has 0 spiro atoms. The van der Waals surface area contributed by atoms with E-state index >= 15 is 0 Å². The van der Waals surface area contributed by atoms with Gasteiger partial charge in [-0.15, -0.1) is 0 Å². The quantitative estimate of drug-likeness (QED) is 0.799. The van der Waals surface area contributed by atoms with Crippen molar-refractivity contribution in [2.75, 3.05) is 48.8 Å². The number of sulfonamides is 1. The van der Waals surface area contributed by atoms with Crippen LogP contribution in [0.1, 0.15) is 31.7 Å². The Hall–Kier alpha value is -1.60. The zero-order chi connectivity index (χ0) is 18.0. The van der Waals surface area contributed by atoms with Gasteiger partial charge in [-0.05, 0) is 36.6 Å². The van der Waals surface area contributed by atoms with Crippen molar-refractivity contribution in [2.45, 2.75) is 32.6 Å². The Morgan fingerprint density at radius 3 is 2.48 bits per heavy atom. The van der Waals surface area contributed by atoms with Gasteiger partial charge in [0.25, 0.3) is 0 Å². The van der Waals surface area contributed by atoms with E-state index in [4.69, 9.17) is 0 Å². The summed E-state index contributed by atoms with van der Waals surface area (Å²) in [5, 5.41) is 0. The summed E-state index contributed by atoms with van der Waals surface area (Å²) in [5.74, 6) is 0.411. The predicted molar refractivity (Wildman–Crippen MR) is 101 cm³/mol. The van der Waals surface area contributed by atoms with Crippen molar-refractivity contribution in [3.05, 3.63) is 23.8 Å². The molecule has 0 aliphatic carbocycles. The van der Waals surface area contributed by atoms with Crippen LogP contribution in [0.4, 0.5) is 11.4 Å². The molecule has 3 rings (SSSR count). The molecule has 1 saturated heterocycles. The normalized spacial score (nSPS) is 19.2. The highest BCUT2D eigenvalue weighted by Crippen LogP contribution is 2.31. The number of aryl methyl sites for hydroxylation is 1. The molecule has 1 aromatic carbocycles. The van der Waals surface area contributed by atoms with Crippen LogP contribution in [-0.4, -0.2) is 57.6 Å². The molecule has 1 fully saturated rings. The molecule has 2 heterocycles. The van der Waals surface area contributed by atoms with Crippen LogP contribution >= 0.6 is 0 Å². The number of nitrogens with zero attached hydrogens (tertiary/aromatic N) is 3. The minimum atomic E-state index is -3.12. The first-order valence-corrected chi connectivity index (χ1v) is 10.7. The first-order valence-electron chi connectivity index (χ1n) is 9.04. The van der Waals surface area contributed by atoms with Gasteiger partial charge in [-0.2, -0.15) is 4.31 Å². The lowest BCUT2D eigenvalue weighted by Crippen LogP contribution is -2.49. The molecule has 1 amide bonds. The molecule has 0 bridgehead atoms. The second-order valence-corrected chi connectivity index (χ2v) is 8.91. The molecule has 0 aromatic heterocycles. The van der Waals surface area contributed by atoms with Crippen molar-refractivity contribution in [3.8, 4) is 0 Å². The Balaban J connectivity index is 1.67. The molecule has 0 radical (unpaired) electrons. The van der Waals surface area contributed by atoms with Crippen molar-refractivity contribution in [1.82, 2.24) is 4.31 Å². The summed E-state index contributed by atoms with van der Waals surface area (Å²) < 4.78 is 26.3. The maximum absolute atomic E-state index is 12.3. The zero-order valence-corrected chi connectivity index (χ0v) is 15.9. The number of carbonyl (C=O) groups excluding carboxylic acids is 1. The van der Waals surface area contributed by atoms with Crippen molar-refractivity contribution in [3.63, 3.8) is 0 Å². The van der Waals surface area contributed by atoms with Crippen molar-refractivity contribution >= 4 is 27.3 Å². The van der Waals surface area contributed by atoms with E-state index in [2.05, 4.69) is 11.0 Å². The van der Waals surface area contributed by atoms with Crippen LogP contribution in [0.3, 0.4) is 0 Å². The van der Waals surface area contributed by atoms with Crippen molar-refractivity contribution < 1.29 is 13.2 Å². The van der Waals surface area contributed by atoms with E-state index in [9.17, 15) is 13.2 Å².